The Bertz CT molecular complexity index is 445. The molecule has 1 aromatic rings. The molecule has 0 radical (unpaired) electrons. The van der Waals surface area contributed by atoms with Crippen molar-refractivity contribution in [2.24, 2.45) is 5.73 Å². The molecule has 1 aromatic carbocycles. The van der Waals surface area contributed by atoms with E-state index in [9.17, 15) is 4.79 Å². The van der Waals surface area contributed by atoms with Gasteiger partial charge in [-0.1, -0.05) is 36.5 Å². The summed E-state index contributed by atoms with van der Waals surface area (Å²) in [6, 6.07) is 7.97. The van der Waals surface area contributed by atoms with Crippen molar-refractivity contribution in [2.75, 3.05) is 7.05 Å². The molecule has 1 rings (SSSR count). The van der Waals surface area contributed by atoms with Gasteiger partial charge in [-0.2, -0.15) is 0 Å². The third-order valence-corrected chi connectivity index (χ3v) is 3.32. The lowest BCUT2D eigenvalue weighted by molar-refractivity contribution is -0.130. The van der Waals surface area contributed by atoms with Crippen LogP contribution in [0.2, 0.25) is 0 Å². The first-order chi connectivity index (χ1) is 8.41. The Morgan fingerprint density at radius 1 is 1.44 bits per heavy atom. The second-order valence-electron chi connectivity index (χ2n) is 4.63. The van der Waals surface area contributed by atoms with Crippen LogP contribution in [0.1, 0.15) is 24.5 Å². The van der Waals surface area contributed by atoms with Gasteiger partial charge in [0.15, 0.2) is 0 Å². The van der Waals surface area contributed by atoms with E-state index in [1.165, 1.54) is 0 Å². The topological polar surface area (TPSA) is 46.3 Å². The van der Waals surface area contributed by atoms with Crippen LogP contribution in [0.15, 0.2) is 24.3 Å². The SMILES string of the molecule is Cc1ccccc1CC(=O)N(C)C(C)CC(N)=S. The summed E-state index contributed by atoms with van der Waals surface area (Å²) in [4.78, 5) is 14.3. The Labute approximate surface area is 114 Å². The summed E-state index contributed by atoms with van der Waals surface area (Å²) in [7, 11) is 1.80. The zero-order valence-corrected chi connectivity index (χ0v) is 12.0. The maximum absolute atomic E-state index is 12.1. The molecule has 1 atom stereocenters. The molecule has 0 saturated heterocycles. The lowest BCUT2D eigenvalue weighted by atomic mass is 10.0. The van der Waals surface area contributed by atoms with Crippen molar-refractivity contribution in [3.63, 3.8) is 0 Å². The molecular formula is C14H20N2OS. The molecule has 0 heterocycles. The Morgan fingerprint density at radius 2 is 2.06 bits per heavy atom. The standard InChI is InChI=1S/C14H20N2OS/c1-10-6-4-5-7-12(10)9-14(17)16(3)11(2)8-13(15)18/h4-7,11H,8-9H2,1-3H3,(H2,15,18). The van der Waals surface area contributed by atoms with Crippen LogP contribution in [0.25, 0.3) is 0 Å². The Balaban J connectivity index is 2.65. The summed E-state index contributed by atoms with van der Waals surface area (Å²) in [5.74, 6) is 0.0908. The molecule has 98 valence electrons. The lowest BCUT2D eigenvalue weighted by Crippen LogP contribution is -2.38. The van der Waals surface area contributed by atoms with Gasteiger partial charge in [-0.3, -0.25) is 4.79 Å². The Kier molecular flexibility index (Phi) is 5.28. The van der Waals surface area contributed by atoms with E-state index in [1.807, 2.05) is 38.1 Å². The molecule has 18 heavy (non-hydrogen) atoms. The van der Waals surface area contributed by atoms with Crippen LogP contribution < -0.4 is 5.73 Å². The normalized spacial score (nSPS) is 11.9. The van der Waals surface area contributed by atoms with Gasteiger partial charge in [0, 0.05) is 19.5 Å². The van der Waals surface area contributed by atoms with E-state index in [4.69, 9.17) is 18.0 Å². The number of carbonyl (C=O) groups excluding carboxylic acids is 1. The number of nitrogens with zero attached hydrogens (tertiary/aromatic N) is 1. The Hall–Kier alpha value is -1.42. The Morgan fingerprint density at radius 3 is 2.61 bits per heavy atom. The van der Waals surface area contributed by atoms with Gasteiger partial charge in [0.25, 0.3) is 0 Å². The fraction of sp³-hybridized carbons (Fsp3) is 0.429. The molecule has 1 amide bonds. The molecule has 3 nitrogen and oxygen atoms in total. The van der Waals surface area contributed by atoms with Crippen molar-refractivity contribution in [2.45, 2.75) is 32.7 Å². The fourth-order valence-corrected chi connectivity index (χ4v) is 2.01. The van der Waals surface area contributed by atoms with E-state index in [1.54, 1.807) is 11.9 Å². The second kappa shape index (κ2) is 6.50. The summed E-state index contributed by atoms with van der Waals surface area (Å²) in [6.07, 6.45) is 0.982. The van der Waals surface area contributed by atoms with E-state index < -0.39 is 0 Å². The van der Waals surface area contributed by atoms with Crippen LogP contribution in [0.5, 0.6) is 0 Å². The number of amides is 1. The van der Waals surface area contributed by atoms with Crippen molar-refractivity contribution in [1.29, 1.82) is 0 Å². The highest BCUT2D eigenvalue weighted by molar-refractivity contribution is 7.80. The van der Waals surface area contributed by atoms with Gasteiger partial charge in [0.2, 0.25) is 5.91 Å². The van der Waals surface area contributed by atoms with Gasteiger partial charge >= 0.3 is 0 Å². The van der Waals surface area contributed by atoms with E-state index in [-0.39, 0.29) is 11.9 Å². The summed E-state index contributed by atoms with van der Waals surface area (Å²) < 4.78 is 0. The average Bonchev–Trinajstić information content (AvgIpc) is 2.30. The first-order valence-corrected chi connectivity index (χ1v) is 6.41. The minimum atomic E-state index is 0.0408. The van der Waals surface area contributed by atoms with Crippen LogP contribution in [0, 0.1) is 6.92 Å². The van der Waals surface area contributed by atoms with Crippen molar-refractivity contribution in [3.05, 3.63) is 35.4 Å². The summed E-state index contributed by atoms with van der Waals surface area (Å²) in [5, 5.41) is 0. The van der Waals surface area contributed by atoms with Crippen molar-refractivity contribution >= 4 is 23.1 Å². The first kappa shape index (κ1) is 14.6. The predicted octanol–water partition coefficient (Wildman–Crippen LogP) is 2.06. The highest BCUT2D eigenvalue weighted by Gasteiger charge is 2.17. The highest BCUT2D eigenvalue weighted by atomic mass is 32.1. The molecule has 0 aliphatic rings. The molecule has 0 aromatic heterocycles. The van der Waals surface area contributed by atoms with Gasteiger partial charge in [0.05, 0.1) is 11.4 Å². The number of rotatable bonds is 5. The van der Waals surface area contributed by atoms with Crippen LogP contribution in [0.3, 0.4) is 0 Å². The third-order valence-electron chi connectivity index (χ3n) is 3.15. The summed E-state index contributed by atoms with van der Waals surface area (Å²) in [6.45, 7) is 3.97. The summed E-state index contributed by atoms with van der Waals surface area (Å²) in [5.41, 5.74) is 7.71. The van der Waals surface area contributed by atoms with E-state index in [0.717, 1.165) is 11.1 Å². The summed E-state index contributed by atoms with van der Waals surface area (Å²) >= 11 is 4.87. The number of nitrogens with two attached hydrogens (primary N) is 1. The molecule has 0 spiro atoms. The van der Waals surface area contributed by atoms with Gasteiger partial charge < -0.3 is 10.6 Å². The number of hydrogen-bond donors (Lipinski definition) is 1. The molecule has 4 heteroatoms. The first-order valence-electron chi connectivity index (χ1n) is 6.00. The van der Waals surface area contributed by atoms with Gasteiger partial charge in [-0.05, 0) is 25.0 Å². The van der Waals surface area contributed by atoms with Crippen LogP contribution in [0.4, 0.5) is 0 Å². The van der Waals surface area contributed by atoms with Gasteiger partial charge in [-0.25, -0.2) is 0 Å². The monoisotopic (exact) mass is 264 g/mol. The van der Waals surface area contributed by atoms with E-state index >= 15 is 0 Å². The molecule has 0 fully saturated rings. The van der Waals surface area contributed by atoms with Crippen molar-refractivity contribution < 1.29 is 4.79 Å². The fourth-order valence-electron chi connectivity index (χ4n) is 1.77. The lowest BCUT2D eigenvalue weighted by Gasteiger charge is -2.25. The number of likely N-dealkylation sites (N-methyl/N-ethyl adjacent to an activating group) is 1. The number of benzene rings is 1. The van der Waals surface area contributed by atoms with Crippen LogP contribution >= 0.6 is 12.2 Å². The largest absolute Gasteiger partial charge is 0.393 e. The third kappa shape index (κ3) is 4.11. The van der Waals surface area contributed by atoms with Crippen LogP contribution in [-0.2, 0) is 11.2 Å². The smallest absolute Gasteiger partial charge is 0.226 e. The van der Waals surface area contributed by atoms with Crippen LogP contribution in [-0.4, -0.2) is 28.9 Å². The number of carbonyl (C=O) groups is 1. The zero-order valence-electron chi connectivity index (χ0n) is 11.1. The average molecular weight is 264 g/mol. The molecule has 0 aliphatic carbocycles. The van der Waals surface area contributed by atoms with Crippen molar-refractivity contribution in [1.82, 2.24) is 4.90 Å². The second-order valence-corrected chi connectivity index (χ2v) is 5.15. The van der Waals surface area contributed by atoms with Gasteiger partial charge in [-0.15, -0.1) is 0 Å². The quantitative estimate of drug-likeness (QED) is 0.828. The minimum Gasteiger partial charge on any atom is -0.393 e. The highest BCUT2D eigenvalue weighted by Crippen LogP contribution is 2.11. The maximum Gasteiger partial charge on any atom is 0.226 e. The van der Waals surface area contributed by atoms with Crippen molar-refractivity contribution in [3.8, 4) is 0 Å². The zero-order chi connectivity index (χ0) is 13.7. The van der Waals surface area contributed by atoms with E-state index in [0.29, 0.717) is 17.8 Å². The number of hydrogen-bond acceptors (Lipinski definition) is 2. The molecule has 0 aliphatic heterocycles. The number of thiocarbonyl (C=S) groups is 1. The van der Waals surface area contributed by atoms with Gasteiger partial charge in [0.1, 0.15) is 0 Å². The maximum atomic E-state index is 12.1. The predicted molar refractivity (Wildman–Crippen MR) is 78.5 cm³/mol. The van der Waals surface area contributed by atoms with E-state index in [2.05, 4.69) is 0 Å². The molecule has 2 N–H and O–H groups in total. The molecule has 0 bridgehead atoms. The number of aryl methyl sites for hydroxylation is 1. The molecule has 0 saturated carbocycles. The minimum absolute atomic E-state index is 0.0408. The molecular weight excluding hydrogens is 244 g/mol. The molecule has 1 unspecified atom stereocenters.